The van der Waals surface area contributed by atoms with Crippen molar-refractivity contribution in [2.24, 2.45) is 0 Å². The minimum absolute atomic E-state index is 0.190. The van der Waals surface area contributed by atoms with E-state index in [2.05, 4.69) is 5.32 Å². The molecular weight excluding hydrogens is 400 g/mol. The number of hydrogen-bond acceptors (Lipinski definition) is 4. The number of benzene rings is 3. The summed E-state index contributed by atoms with van der Waals surface area (Å²) in [5.74, 6) is -0.292. The van der Waals surface area contributed by atoms with Gasteiger partial charge in [0.1, 0.15) is 11.4 Å². The molecule has 30 heavy (non-hydrogen) atoms. The van der Waals surface area contributed by atoms with Gasteiger partial charge in [-0.25, -0.2) is 4.90 Å². The third-order valence-electron chi connectivity index (χ3n) is 4.99. The third-order valence-corrected chi connectivity index (χ3v) is 5.40. The summed E-state index contributed by atoms with van der Waals surface area (Å²) in [5, 5.41) is 3.62. The van der Waals surface area contributed by atoms with Crippen LogP contribution in [0.1, 0.15) is 11.1 Å². The Bertz CT molecular complexity index is 1170. The standard InChI is InChI=1S/C24H19ClN2O3/c1-15-17(25)11-8-13-19(15)27-23(28)21(16-9-4-3-5-10-16)22(24(27)29)26-18-12-6-7-14-20(18)30-2/h3-14,26H,1-2H3. The van der Waals surface area contributed by atoms with Gasteiger partial charge in [-0.1, -0.05) is 60.1 Å². The Labute approximate surface area is 179 Å². The third kappa shape index (κ3) is 3.33. The fraction of sp³-hybridized carbons (Fsp3) is 0.0833. The second kappa shape index (κ2) is 8.05. The molecule has 0 aliphatic carbocycles. The molecule has 150 valence electrons. The molecule has 0 fully saturated rings. The Morgan fingerprint density at radius 1 is 0.867 bits per heavy atom. The highest BCUT2D eigenvalue weighted by atomic mass is 35.5. The highest BCUT2D eigenvalue weighted by Gasteiger charge is 2.41. The number of ether oxygens (including phenoxy) is 1. The van der Waals surface area contributed by atoms with Crippen LogP contribution in [0.3, 0.4) is 0 Å². The maximum atomic E-state index is 13.5. The maximum absolute atomic E-state index is 13.5. The molecule has 6 heteroatoms. The Morgan fingerprint density at radius 2 is 1.57 bits per heavy atom. The molecule has 3 aromatic rings. The quantitative estimate of drug-likeness (QED) is 0.589. The van der Waals surface area contributed by atoms with E-state index in [1.807, 2.05) is 30.3 Å². The molecule has 5 nitrogen and oxygen atoms in total. The van der Waals surface area contributed by atoms with Crippen molar-refractivity contribution in [3.05, 3.63) is 94.6 Å². The topological polar surface area (TPSA) is 58.6 Å². The predicted molar refractivity (Wildman–Crippen MR) is 119 cm³/mol. The van der Waals surface area contributed by atoms with Gasteiger partial charge >= 0.3 is 0 Å². The first-order chi connectivity index (χ1) is 14.5. The van der Waals surface area contributed by atoms with E-state index in [0.29, 0.717) is 38.8 Å². The number of nitrogens with one attached hydrogen (secondary N) is 1. The molecule has 4 rings (SSSR count). The minimum Gasteiger partial charge on any atom is -0.495 e. The summed E-state index contributed by atoms with van der Waals surface area (Å²) in [5.41, 5.74) is 2.85. The van der Waals surface area contributed by atoms with E-state index in [1.54, 1.807) is 56.5 Å². The Kier molecular flexibility index (Phi) is 5.29. The average molecular weight is 419 g/mol. The number of nitrogens with zero attached hydrogens (tertiary/aromatic N) is 1. The molecule has 0 spiro atoms. The number of imide groups is 1. The van der Waals surface area contributed by atoms with Gasteiger partial charge in [0.15, 0.2) is 0 Å². The van der Waals surface area contributed by atoms with Crippen molar-refractivity contribution in [3.8, 4) is 5.75 Å². The van der Waals surface area contributed by atoms with Crippen LogP contribution in [0, 0.1) is 6.92 Å². The average Bonchev–Trinajstić information content (AvgIpc) is 3.01. The number of hydrogen-bond donors (Lipinski definition) is 1. The van der Waals surface area contributed by atoms with Crippen LogP contribution in [0.15, 0.2) is 78.5 Å². The zero-order valence-corrected chi connectivity index (χ0v) is 17.2. The molecule has 1 heterocycles. The van der Waals surface area contributed by atoms with Crippen LogP contribution >= 0.6 is 11.6 Å². The number of methoxy groups -OCH3 is 1. The smallest absolute Gasteiger partial charge is 0.282 e. The molecule has 1 aliphatic heterocycles. The van der Waals surface area contributed by atoms with Crippen LogP contribution in [0.4, 0.5) is 11.4 Å². The zero-order chi connectivity index (χ0) is 21.3. The SMILES string of the molecule is COc1ccccc1NC1=C(c2ccccc2)C(=O)N(c2cccc(Cl)c2C)C1=O. The number of para-hydroxylation sites is 2. The van der Waals surface area contributed by atoms with Crippen molar-refractivity contribution < 1.29 is 14.3 Å². The van der Waals surface area contributed by atoms with Crippen molar-refractivity contribution in [1.29, 1.82) is 0 Å². The number of carbonyl (C=O) groups is 2. The fourth-order valence-electron chi connectivity index (χ4n) is 3.46. The highest BCUT2D eigenvalue weighted by molar-refractivity contribution is 6.46. The molecule has 0 atom stereocenters. The van der Waals surface area contributed by atoms with E-state index in [4.69, 9.17) is 16.3 Å². The number of anilines is 2. The van der Waals surface area contributed by atoms with Gasteiger partial charge < -0.3 is 10.1 Å². The van der Waals surface area contributed by atoms with Crippen molar-refractivity contribution in [2.45, 2.75) is 6.92 Å². The van der Waals surface area contributed by atoms with Crippen LogP contribution in [0.25, 0.3) is 5.57 Å². The lowest BCUT2D eigenvalue weighted by Crippen LogP contribution is -2.33. The van der Waals surface area contributed by atoms with Crippen LogP contribution in [0.2, 0.25) is 5.02 Å². The van der Waals surface area contributed by atoms with Crippen molar-refractivity contribution in [2.75, 3.05) is 17.3 Å². The van der Waals surface area contributed by atoms with Gasteiger partial charge in [-0.3, -0.25) is 9.59 Å². The van der Waals surface area contributed by atoms with Crippen LogP contribution in [-0.2, 0) is 9.59 Å². The van der Waals surface area contributed by atoms with E-state index < -0.39 is 11.8 Å². The second-order valence-electron chi connectivity index (χ2n) is 6.77. The molecule has 2 amide bonds. The molecule has 3 aromatic carbocycles. The van der Waals surface area contributed by atoms with Crippen molar-refractivity contribution >= 4 is 40.4 Å². The summed E-state index contributed by atoms with van der Waals surface area (Å²) >= 11 is 6.25. The Balaban J connectivity index is 1.86. The number of halogens is 1. The molecule has 0 saturated carbocycles. The summed E-state index contributed by atoms with van der Waals surface area (Å²) in [6.07, 6.45) is 0. The molecule has 0 aromatic heterocycles. The summed E-state index contributed by atoms with van der Waals surface area (Å²) in [6, 6.07) is 21.5. The number of rotatable bonds is 5. The predicted octanol–water partition coefficient (Wildman–Crippen LogP) is 5.05. The summed E-state index contributed by atoms with van der Waals surface area (Å²) in [4.78, 5) is 28.1. The Hall–Kier alpha value is -3.57. The van der Waals surface area contributed by atoms with Gasteiger partial charge in [-0.15, -0.1) is 0 Å². The van der Waals surface area contributed by atoms with E-state index >= 15 is 0 Å². The molecule has 0 bridgehead atoms. The first-order valence-corrected chi connectivity index (χ1v) is 9.74. The molecular formula is C24H19ClN2O3. The maximum Gasteiger partial charge on any atom is 0.282 e. The molecule has 0 saturated heterocycles. The van der Waals surface area contributed by atoms with E-state index in [9.17, 15) is 9.59 Å². The van der Waals surface area contributed by atoms with Gasteiger partial charge in [0.05, 0.1) is 24.1 Å². The van der Waals surface area contributed by atoms with E-state index in [0.717, 1.165) is 0 Å². The first-order valence-electron chi connectivity index (χ1n) is 9.36. The molecule has 1 N–H and O–H groups in total. The van der Waals surface area contributed by atoms with Crippen LogP contribution in [-0.4, -0.2) is 18.9 Å². The van der Waals surface area contributed by atoms with Gasteiger partial charge in [0.25, 0.3) is 11.8 Å². The number of amides is 2. The fourth-order valence-corrected chi connectivity index (χ4v) is 3.63. The lowest BCUT2D eigenvalue weighted by Gasteiger charge is -2.18. The highest BCUT2D eigenvalue weighted by Crippen LogP contribution is 2.37. The monoisotopic (exact) mass is 418 g/mol. The van der Waals surface area contributed by atoms with Gasteiger partial charge in [-0.05, 0) is 42.3 Å². The van der Waals surface area contributed by atoms with Crippen LogP contribution in [0.5, 0.6) is 5.75 Å². The largest absolute Gasteiger partial charge is 0.495 e. The molecule has 1 aliphatic rings. The van der Waals surface area contributed by atoms with E-state index in [-0.39, 0.29) is 5.70 Å². The van der Waals surface area contributed by atoms with Gasteiger partial charge in [-0.2, -0.15) is 0 Å². The first kappa shape index (κ1) is 19.7. The van der Waals surface area contributed by atoms with Crippen LogP contribution < -0.4 is 15.0 Å². The molecule has 0 radical (unpaired) electrons. The zero-order valence-electron chi connectivity index (χ0n) is 16.5. The van der Waals surface area contributed by atoms with Crippen molar-refractivity contribution in [1.82, 2.24) is 0 Å². The summed E-state index contributed by atoms with van der Waals surface area (Å²) in [7, 11) is 1.55. The number of carbonyl (C=O) groups excluding carboxylic acids is 2. The Morgan fingerprint density at radius 3 is 2.30 bits per heavy atom. The van der Waals surface area contributed by atoms with Gasteiger partial charge in [0.2, 0.25) is 0 Å². The second-order valence-corrected chi connectivity index (χ2v) is 7.18. The van der Waals surface area contributed by atoms with Gasteiger partial charge in [0, 0.05) is 5.02 Å². The summed E-state index contributed by atoms with van der Waals surface area (Å²) in [6.45, 7) is 1.78. The van der Waals surface area contributed by atoms with Crippen molar-refractivity contribution in [3.63, 3.8) is 0 Å². The molecule has 0 unspecified atom stereocenters. The lowest BCUT2D eigenvalue weighted by molar-refractivity contribution is -0.120. The minimum atomic E-state index is -0.449. The lowest BCUT2D eigenvalue weighted by atomic mass is 10.0. The summed E-state index contributed by atoms with van der Waals surface area (Å²) < 4.78 is 5.39. The normalized spacial score (nSPS) is 13.8. The van der Waals surface area contributed by atoms with E-state index in [1.165, 1.54) is 4.90 Å².